The number of methoxy groups -OCH3 is 2. The molecule has 0 heterocycles. The van der Waals surface area contributed by atoms with Crippen molar-refractivity contribution in [1.82, 2.24) is 5.48 Å². The van der Waals surface area contributed by atoms with Crippen LogP contribution in [-0.4, -0.2) is 19.4 Å². The average molecular weight is 197 g/mol. The van der Waals surface area contributed by atoms with Crippen LogP contribution in [-0.2, 0) is 17.9 Å². The predicted molar refractivity (Wildman–Crippen MR) is 52.3 cm³/mol. The van der Waals surface area contributed by atoms with Crippen LogP contribution >= 0.6 is 0 Å². The maximum absolute atomic E-state index is 8.54. The molecule has 0 saturated heterocycles. The molecule has 0 spiro atoms. The van der Waals surface area contributed by atoms with Gasteiger partial charge in [-0.2, -0.15) is 0 Å². The van der Waals surface area contributed by atoms with Gasteiger partial charge in [-0.05, 0) is 11.6 Å². The van der Waals surface area contributed by atoms with Crippen molar-refractivity contribution in [2.45, 2.75) is 13.2 Å². The van der Waals surface area contributed by atoms with Crippen molar-refractivity contribution in [3.05, 3.63) is 29.3 Å². The first-order valence-corrected chi connectivity index (χ1v) is 4.33. The van der Waals surface area contributed by atoms with Crippen molar-refractivity contribution in [2.75, 3.05) is 14.2 Å². The van der Waals surface area contributed by atoms with Crippen LogP contribution in [0.4, 0.5) is 0 Å². The molecule has 0 aliphatic rings. The van der Waals surface area contributed by atoms with Crippen molar-refractivity contribution in [3.63, 3.8) is 0 Å². The van der Waals surface area contributed by atoms with Crippen molar-refractivity contribution < 1.29 is 14.7 Å². The minimum Gasteiger partial charge on any atom is -0.496 e. The molecule has 4 nitrogen and oxygen atoms in total. The van der Waals surface area contributed by atoms with E-state index in [1.807, 2.05) is 18.2 Å². The molecule has 78 valence electrons. The third kappa shape index (κ3) is 2.70. The fraction of sp³-hybridized carbons (Fsp3) is 0.400. The summed E-state index contributed by atoms with van der Waals surface area (Å²) in [5.41, 5.74) is 4.06. The summed E-state index contributed by atoms with van der Waals surface area (Å²) in [5, 5.41) is 8.54. The van der Waals surface area contributed by atoms with Gasteiger partial charge in [-0.1, -0.05) is 12.1 Å². The van der Waals surface area contributed by atoms with Gasteiger partial charge in [-0.3, -0.25) is 0 Å². The highest BCUT2D eigenvalue weighted by molar-refractivity contribution is 5.37. The van der Waals surface area contributed by atoms with Crippen LogP contribution in [0.2, 0.25) is 0 Å². The molecule has 0 saturated carbocycles. The second-order valence-corrected chi connectivity index (χ2v) is 2.91. The van der Waals surface area contributed by atoms with E-state index < -0.39 is 0 Å². The molecule has 1 rings (SSSR count). The zero-order chi connectivity index (χ0) is 10.4. The van der Waals surface area contributed by atoms with Gasteiger partial charge in [0.15, 0.2) is 0 Å². The van der Waals surface area contributed by atoms with Crippen LogP contribution in [0.1, 0.15) is 11.1 Å². The lowest BCUT2D eigenvalue weighted by Crippen LogP contribution is -2.06. The number of ether oxygens (including phenoxy) is 2. The molecule has 0 radical (unpaired) electrons. The van der Waals surface area contributed by atoms with E-state index in [9.17, 15) is 0 Å². The van der Waals surface area contributed by atoms with Gasteiger partial charge in [0.25, 0.3) is 0 Å². The molecule has 0 aliphatic carbocycles. The molecule has 1 aromatic rings. The van der Waals surface area contributed by atoms with Gasteiger partial charge in [0.2, 0.25) is 0 Å². The third-order valence-electron chi connectivity index (χ3n) is 1.93. The van der Waals surface area contributed by atoms with Gasteiger partial charge in [-0.25, -0.2) is 5.48 Å². The number of hydroxylamine groups is 1. The van der Waals surface area contributed by atoms with Gasteiger partial charge >= 0.3 is 0 Å². The molecular weight excluding hydrogens is 182 g/mol. The van der Waals surface area contributed by atoms with Crippen molar-refractivity contribution >= 4 is 0 Å². The largest absolute Gasteiger partial charge is 0.496 e. The quantitative estimate of drug-likeness (QED) is 0.699. The van der Waals surface area contributed by atoms with E-state index in [0.717, 1.165) is 16.9 Å². The zero-order valence-corrected chi connectivity index (χ0v) is 8.41. The number of nitrogens with one attached hydrogen (secondary N) is 1. The number of hydrogen-bond donors (Lipinski definition) is 2. The fourth-order valence-electron chi connectivity index (χ4n) is 1.26. The molecule has 1 aromatic carbocycles. The van der Waals surface area contributed by atoms with Crippen LogP contribution in [0.25, 0.3) is 0 Å². The Labute approximate surface area is 83.4 Å². The van der Waals surface area contributed by atoms with E-state index in [1.54, 1.807) is 14.2 Å². The minimum atomic E-state index is 0.406. The normalized spacial score (nSPS) is 10.2. The Morgan fingerprint density at radius 1 is 1.36 bits per heavy atom. The Bertz CT molecular complexity index is 289. The summed E-state index contributed by atoms with van der Waals surface area (Å²) >= 11 is 0. The van der Waals surface area contributed by atoms with Crippen LogP contribution in [0, 0.1) is 0 Å². The molecule has 0 atom stereocenters. The monoisotopic (exact) mass is 197 g/mol. The summed E-state index contributed by atoms with van der Waals surface area (Å²) in [6.07, 6.45) is 0. The third-order valence-corrected chi connectivity index (χ3v) is 1.93. The smallest absolute Gasteiger partial charge is 0.124 e. The highest BCUT2D eigenvalue weighted by Gasteiger charge is 2.03. The minimum absolute atomic E-state index is 0.406. The lowest BCUT2D eigenvalue weighted by molar-refractivity contribution is 0.161. The fourth-order valence-corrected chi connectivity index (χ4v) is 1.26. The molecule has 0 aliphatic heterocycles. The standard InChI is InChI=1S/C10H15NO3/c1-13-7-9-4-3-8(6-11-12)5-10(9)14-2/h3-5,11-12H,6-7H2,1-2H3. The van der Waals surface area contributed by atoms with Gasteiger partial charge in [0, 0.05) is 19.2 Å². The number of rotatable bonds is 5. The molecule has 0 amide bonds. The second-order valence-electron chi connectivity index (χ2n) is 2.91. The topological polar surface area (TPSA) is 50.7 Å². The first-order valence-electron chi connectivity index (χ1n) is 4.33. The Morgan fingerprint density at radius 3 is 2.71 bits per heavy atom. The summed E-state index contributed by atoms with van der Waals surface area (Å²) in [7, 11) is 3.26. The molecule has 0 aromatic heterocycles. The van der Waals surface area contributed by atoms with E-state index in [-0.39, 0.29) is 0 Å². The SMILES string of the molecule is COCc1ccc(CNO)cc1OC. The highest BCUT2D eigenvalue weighted by atomic mass is 16.5. The average Bonchev–Trinajstić information content (AvgIpc) is 2.21. The van der Waals surface area contributed by atoms with Crippen LogP contribution < -0.4 is 10.2 Å². The summed E-state index contributed by atoms with van der Waals surface area (Å²) in [6, 6.07) is 5.71. The highest BCUT2D eigenvalue weighted by Crippen LogP contribution is 2.20. The maximum Gasteiger partial charge on any atom is 0.124 e. The van der Waals surface area contributed by atoms with Gasteiger partial charge in [-0.15, -0.1) is 0 Å². The lowest BCUT2D eigenvalue weighted by atomic mass is 10.1. The molecule has 0 fully saturated rings. The summed E-state index contributed by atoms with van der Waals surface area (Å²) < 4.78 is 10.2. The first kappa shape index (κ1) is 11.0. The Hall–Kier alpha value is -1.10. The van der Waals surface area contributed by atoms with Gasteiger partial charge < -0.3 is 14.7 Å². The van der Waals surface area contributed by atoms with Crippen LogP contribution in [0.15, 0.2) is 18.2 Å². The molecular formula is C10H15NO3. The van der Waals surface area contributed by atoms with E-state index >= 15 is 0 Å². The van der Waals surface area contributed by atoms with Crippen LogP contribution in [0.5, 0.6) is 5.75 Å². The van der Waals surface area contributed by atoms with Gasteiger partial charge in [0.05, 0.1) is 13.7 Å². The van der Waals surface area contributed by atoms with E-state index in [4.69, 9.17) is 14.7 Å². The first-order chi connectivity index (χ1) is 6.81. The lowest BCUT2D eigenvalue weighted by Gasteiger charge is -2.09. The van der Waals surface area contributed by atoms with E-state index in [1.165, 1.54) is 0 Å². The maximum atomic E-state index is 8.54. The van der Waals surface area contributed by atoms with Crippen molar-refractivity contribution in [2.24, 2.45) is 0 Å². The molecule has 4 heteroatoms. The Balaban J connectivity index is 2.87. The molecule has 0 bridgehead atoms. The number of hydrogen-bond acceptors (Lipinski definition) is 4. The zero-order valence-electron chi connectivity index (χ0n) is 8.41. The van der Waals surface area contributed by atoms with Crippen molar-refractivity contribution in [3.8, 4) is 5.75 Å². The summed E-state index contributed by atoms with van der Waals surface area (Å²) in [5.74, 6) is 0.777. The second kappa shape index (κ2) is 5.59. The van der Waals surface area contributed by atoms with Gasteiger partial charge in [0.1, 0.15) is 5.75 Å². The van der Waals surface area contributed by atoms with E-state index in [2.05, 4.69) is 5.48 Å². The molecule has 14 heavy (non-hydrogen) atoms. The summed E-state index contributed by atoms with van der Waals surface area (Å²) in [6.45, 7) is 0.930. The van der Waals surface area contributed by atoms with E-state index in [0.29, 0.717) is 13.2 Å². The van der Waals surface area contributed by atoms with Crippen molar-refractivity contribution in [1.29, 1.82) is 0 Å². The molecule has 2 N–H and O–H groups in total. The molecule has 0 unspecified atom stereocenters. The summed E-state index contributed by atoms with van der Waals surface area (Å²) in [4.78, 5) is 0. The Morgan fingerprint density at radius 2 is 2.14 bits per heavy atom. The number of benzene rings is 1. The van der Waals surface area contributed by atoms with Crippen LogP contribution in [0.3, 0.4) is 0 Å². The predicted octanol–water partition coefficient (Wildman–Crippen LogP) is 1.32. The Kier molecular flexibility index (Phi) is 4.39.